The first-order chi connectivity index (χ1) is 9.63. The third-order valence-corrected chi connectivity index (χ3v) is 3.04. The molecule has 1 heterocycles. The second kappa shape index (κ2) is 6.23. The van der Waals surface area contributed by atoms with Gasteiger partial charge < -0.3 is 15.0 Å². The van der Waals surface area contributed by atoms with Crippen molar-refractivity contribution in [1.29, 1.82) is 0 Å². The molecule has 2 rings (SSSR count). The number of amides is 1. The molecule has 1 amide bonds. The SMILES string of the molecule is CCOC(=O)CCNC(=O)c1c(C)[nH]c2ccccc12. The van der Waals surface area contributed by atoms with Gasteiger partial charge in [-0.2, -0.15) is 0 Å². The average Bonchev–Trinajstić information content (AvgIpc) is 2.74. The van der Waals surface area contributed by atoms with Gasteiger partial charge in [-0.3, -0.25) is 9.59 Å². The van der Waals surface area contributed by atoms with E-state index in [1.807, 2.05) is 31.2 Å². The van der Waals surface area contributed by atoms with E-state index in [9.17, 15) is 9.59 Å². The van der Waals surface area contributed by atoms with Crippen LogP contribution in [0.25, 0.3) is 10.9 Å². The van der Waals surface area contributed by atoms with Crippen LogP contribution in [0.4, 0.5) is 0 Å². The van der Waals surface area contributed by atoms with Gasteiger partial charge in [0.1, 0.15) is 0 Å². The van der Waals surface area contributed by atoms with Crippen LogP contribution in [0.5, 0.6) is 0 Å². The molecule has 0 atom stereocenters. The van der Waals surface area contributed by atoms with Gasteiger partial charge in [-0.15, -0.1) is 0 Å². The van der Waals surface area contributed by atoms with Crippen LogP contribution in [0.3, 0.4) is 0 Å². The summed E-state index contributed by atoms with van der Waals surface area (Å²) in [5.41, 5.74) is 2.38. The molecule has 106 valence electrons. The number of nitrogens with one attached hydrogen (secondary N) is 2. The first kappa shape index (κ1) is 14.1. The van der Waals surface area contributed by atoms with E-state index in [0.29, 0.717) is 12.2 Å². The third-order valence-electron chi connectivity index (χ3n) is 3.04. The number of para-hydroxylation sites is 1. The van der Waals surface area contributed by atoms with Crippen molar-refractivity contribution in [1.82, 2.24) is 10.3 Å². The Balaban J connectivity index is 2.04. The summed E-state index contributed by atoms with van der Waals surface area (Å²) < 4.78 is 4.81. The molecule has 0 unspecified atom stereocenters. The number of rotatable bonds is 5. The van der Waals surface area contributed by atoms with E-state index >= 15 is 0 Å². The molecule has 2 aromatic rings. The summed E-state index contributed by atoms with van der Waals surface area (Å²) in [5, 5.41) is 3.64. The van der Waals surface area contributed by atoms with Crippen LogP contribution in [0.15, 0.2) is 24.3 Å². The first-order valence-electron chi connectivity index (χ1n) is 6.64. The van der Waals surface area contributed by atoms with Crippen molar-refractivity contribution < 1.29 is 14.3 Å². The molecule has 20 heavy (non-hydrogen) atoms. The summed E-state index contributed by atoms with van der Waals surface area (Å²) in [6.45, 7) is 4.25. The van der Waals surface area contributed by atoms with Crippen molar-refractivity contribution in [3.8, 4) is 0 Å². The van der Waals surface area contributed by atoms with E-state index in [-0.39, 0.29) is 24.8 Å². The summed E-state index contributed by atoms with van der Waals surface area (Å²) in [6.07, 6.45) is 0.182. The van der Waals surface area contributed by atoms with E-state index in [1.165, 1.54) is 0 Å². The van der Waals surface area contributed by atoms with Crippen LogP contribution < -0.4 is 5.32 Å². The smallest absolute Gasteiger partial charge is 0.307 e. The molecule has 0 saturated carbocycles. The van der Waals surface area contributed by atoms with E-state index in [2.05, 4.69) is 10.3 Å². The molecule has 5 nitrogen and oxygen atoms in total. The van der Waals surface area contributed by atoms with Gasteiger partial charge in [-0.25, -0.2) is 0 Å². The molecule has 5 heteroatoms. The van der Waals surface area contributed by atoms with Crippen molar-refractivity contribution in [3.05, 3.63) is 35.5 Å². The Morgan fingerprint density at radius 1 is 1.30 bits per heavy atom. The Hall–Kier alpha value is -2.30. The molecule has 0 aliphatic heterocycles. The lowest BCUT2D eigenvalue weighted by Gasteiger charge is -2.05. The van der Waals surface area contributed by atoms with E-state index < -0.39 is 0 Å². The molecule has 0 saturated heterocycles. The number of esters is 1. The molecular weight excluding hydrogens is 256 g/mol. The van der Waals surface area contributed by atoms with Gasteiger partial charge in [0.15, 0.2) is 0 Å². The maximum absolute atomic E-state index is 12.2. The highest BCUT2D eigenvalue weighted by Crippen LogP contribution is 2.21. The summed E-state index contributed by atoms with van der Waals surface area (Å²) in [5.74, 6) is -0.479. The molecule has 0 spiro atoms. The number of aromatic amines is 1. The highest BCUT2D eigenvalue weighted by Gasteiger charge is 2.15. The number of hydrogen-bond acceptors (Lipinski definition) is 3. The summed E-state index contributed by atoms with van der Waals surface area (Å²) in [7, 11) is 0. The fourth-order valence-electron chi connectivity index (χ4n) is 2.17. The number of benzene rings is 1. The maximum Gasteiger partial charge on any atom is 0.307 e. The monoisotopic (exact) mass is 274 g/mol. The lowest BCUT2D eigenvalue weighted by molar-refractivity contribution is -0.142. The topological polar surface area (TPSA) is 71.2 Å². The fourth-order valence-corrected chi connectivity index (χ4v) is 2.17. The number of ether oxygens (including phenoxy) is 1. The average molecular weight is 274 g/mol. The lowest BCUT2D eigenvalue weighted by atomic mass is 10.1. The van der Waals surface area contributed by atoms with Crippen molar-refractivity contribution in [2.45, 2.75) is 20.3 Å². The third kappa shape index (κ3) is 2.99. The van der Waals surface area contributed by atoms with Crippen molar-refractivity contribution in [2.75, 3.05) is 13.2 Å². The zero-order valence-corrected chi connectivity index (χ0v) is 11.7. The number of aromatic nitrogens is 1. The molecule has 0 radical (unpaired) electrons. The molecular formula is C15H18N2O3. The van der Waals surface area contributed by atoms with Gasteiger partial charge in [0.2, 0.25) is 0 Å². The number of carbonyl (C=O) groups excluding carboxylic acids is 2. The van der Waals surface area contributed by atoms with Crippen LogP contribution in [-0.2, 0) is 9.53 Å². The standard InChI is InChI=1S/C15H18N2O3/c1-3-20-13(18)8-9-16-15(19)14-10(2)17-12-7-5-4-6-11(12)14/h4-7,17H,3,8-9H2,1-2H3,(H,16,19). The predicted molar refractivity (Wildman–Crippen MR) is 76.6 cm³/mol. The number of H-pyrrole nitrogens is 1. The molecule has 0 aliphatic carbocycles. The van der Waals surface area contributed by atoms with Gasteiger partial charge in [-0.1, -0.05) is 18.2 Å². The van der Waals surface area contributed by atoms with Crippen molar-refractivity contribution in [3.63, 3.8) is 0 Å². The van der Waals surface area contributed by atoms with Crippen molar-refractivity contribution >= 4 is 22.8 Å². The molecule has 1 aromatic carbocycles. The second-order valence-corrected chi connectivity index (χ2v) is 4.48. The maximum atomic E-state index is 12.2. The van der Waals surface area contributed by atoms with E-state index in [4.69, 9.17) is 4.74 Å². The first-order valence-corrected chi connectivity index (χ1v) is 6.64. The lowest BCUT2D eigenvalue weighted by Crippen LogP contribution is -2.26. The zero-order valence-electron chi connectivity index (χ0n) is 11.7. The summed E-state index contributed by atoms with van der Waals surface area (Å²) >= 11 is 0. The van der Waals surface area contributed by atoms with Gasteiger partial charge >= 0.3 is 5.97 Å². The van der Waals surface area contributed by atoms with Gasteiger partial charge in [0.05, 0.1) is 18.6 Å². The van der Waals surface area contributed by atoms with Crippen molar-refractivity contribution in [2.24, 2.45) is 0 Å². The number of carbonyl (C=O) groups is 2. The molecule has 1 aromatic heterocycles. The quantitative estimate of drug-likeness (QED) is 0.821. The highest BCUT2D eigenvalue weighted by atomic mass is 16.5. The van der Waals surface area contributed by atoms with Crippen LogP contribution >= 0.6 is 0 Å². The molecule has 0 aliphatic rings. The number of hydrogen-bond donors (Lipinski definition) is 2. The zero-order chi connectivity index (χ0) is 14.5. The Bertz CT molecular complexity index is 631. The number of fused-ring (bicyclic) bond motifs is 1. The minimum atomic E-state index is -0.302. The van der Waals surface area contributed by atoms with E-state index in [0.717, 1.165) is 16.6 Å². The van der Waals surface area contributed by atoms with Gasteiger partial charge in [0.25, 0.3) is 5.91 Å². The Labute approximate surface area is 117 Å². The molecule has 0 bridgehead atoms. The second-order valence-electron chi connectivity index (χ2n) is 4.48. The molecule has 2 N–H and O–H groups in total. The van der Waals surface area contributed by atoms with Crippen LogP contribution in [0.1, 0.15) is 29.4 Å². The molecule has 0 fully saturated rings. The Kier molecular flexibility index (Phi) is 4.40. The fraction of sp³-hybridized carbons (Fsp3) is 0.333. The van der Waals surface area contributed by atoms with Gasteiger partial charge in [0, 0.05) is 23.1 Å². The summed E-state index contributed by atoms with van der Waals surface area (Å²) in [4.78, 5) is 26.6. The Morgan fingerprint density at radius 2 is 2.05 bits per heavy atom. The van der Waals surface area contributed by atoms with Crippen LogP contribution in [-0.4, -0.2) is 30.0 Å². The minimum absolute atomic E-state index is 0.177. The highest BCUT2D eigenvalue weighted by molar-refractivity contribution is 6.08. The largest absolute Gasteiger partial charge is 0.466 e. The number of aryl methyl sites for hydroxylation is 1. The van der Waals surface area contributed by atoms with Gasteiger partial charge in [-0.05, 0) is 19.9 Å². The van der Waals surface area contributed by atoms with Crippen LogP contribution in [0, 0.1) is 6.92 Å². The predicted octanol–water partition coefficient (Wildman–Crippen LogP) is 2.16. The summed E-state index contributed by atoms with van der Waals surface area (Å²) in [6, 6.07) is 7.64. The Morgan fingerprint density at radius 3 is 2.80 bits per heavy atom. The van der Waals surface area contributed by atoms with E-state index in [1.54, 1.807) is 6.92 Å². The van der Waals surface area contributed by atoms with Crippen LogP contribution in [0.2, 0.25) is 0 Å². The normalized spacial score (nSPS) is 10.5. The minimum Gasteiger partial charge on any atom is -0.466 e.